The minimum absolute atomic E-state index is 0.203. The fourth-order valence-electron chi connectivity index (χ4n) is 3.10. The molecule has 20 heavy (non-hydrogen) atoms. The third-order valence-electron chi connectivity index (χ3n) is 4.32. The van der Waals surface area contributed by atoms with E-state index in [4.69, 9.17) is 9.47 Å². The molecule has 4 nitrogen and oxygen atoms in total. The Morgan fingerprint density at radius 2 is 1.30 bits per heavy atom. The van der Waals surface area contributed by atoms with Crippen molar-refractivity contribution >= 4 is 11.4 Å². The van der Waals surface area contributed by atoms with Crippen LogP contribution in [0.1, 0.15) is 25.7 Å². The molecule has 2 heterocycles. The molecule has 2 saturated heterocycles. The minimum atomic E-state index is 0.203. The van der Waals surface area contributed by atoms with Crippen LogP contribution in [0.5, 0.6) is 0 Å². The summed E-state index contributed by atoms with van der Waals surface area (Å²) in [6.07, 6.45) is 4.92. The van der Waals surface area contributed by atoms with Gasteiger partial charge in [0.1, 0.15) is 12.5 Å². The monoisotopic (exact) mass is 276 g/mol. The van der Waals surface area contributed by atoms with Crippen molar-refractivity contribution in [3.05, 3.63) is 24.3 Å². The third-order valence-corrected chi connectivity index (χ3v) is 4.32. The van der Waals surface area contributed by atoms with Gasteiger partial charge >= 0.3 is 0 Å². The Labute approximate surface area is 121 Å². The summed E-state index contributed by atoms with van der Waals surface area (Å²) < 4.78 is 11.6. The lowest BCUT2D eigenvalue weighted by Crippen LogP contribution is -2.35. The largest absolute Gasteiger partial charge is 0.358 e. The molecule has 1 aromatic rings. The van der Waals surface area contributed by atoms with Crippen LogP contribution in [-0.4, -0.2) is 39.8 Å². The van der Waals surface area contributed by atoms with Crippen molar-refractivity contribution < 1.29 is 9.47 Å². The maximum absolute atomic E-state index is 5.81. The van der Waals surface area contributed by atoms with Crippen LogP contribution in [0.15, 0.2) is 24.3 Å². The Kier molecular flexibility index (Phi) is 4.13. The molecule has 0 N–H and O–H groups in total. The summed E-state index contributed by atoms with van der Waals surface area (Å²) in [6.45, 7) is 1.75. The predicted molar refractivity (Wildman–Crippen MR) is 81.2 cm³/mol. The van der Waals surface area contributed by atoms with Crippen LogP contribution in [0.25, 0.3) is 0 Å². The van der Waals surface area contributed by atoms with Crippen molar-refractivity contribution in [2.24, 2.45) is 0 Å². The zero-order valence-corrected chi connectivity index (χ0v) is 12.4. The number of para-hydroxylation sites is 2. The van der Waals surface area contributed by atoms with E-state index in [0.717, 1.165) is 38.9 Å². The molecule has 3 rings (SSSR count). The van der Waals surface area contributed by atoms with Gasteiger partial charge in [-0.1, -0.05) is 12.1 Å². The Hall–Kier alpha value is -1.26. The van der Waals surface area contributed by atoms with Crippen LogP contribution < -0.4 is 9.80 Å². The minimum Gasteiger partial charge on any atom is -0.358 e. The summed E-state index contributed by atoms with van der Waals surface area (Å²) in [5, 5.41) is 0. The SMILES string of the molecule is CN(c1ccccc1N(C)C1CCCO1)C1CCCO1. The number of nitrogens with zero attached hydrogens (tertiary/aromatic N) is 2. The number of anilines is 2. The topological polar surface area (TPSA) is 24.9 Å². The molecule has 0 aliphatic carbocycles. The summed E-state index contributed by atoms with van der Waals surface area (Å²) in [4.78, 5) is 4.52. The highest BCUT2D eigenvalue weighted by molar-refractivity contribution is 5.71. The summed E-state index contributed by atoms with van der Waals surface area (Å²) in [5.41, 5.74) is 2.44. The molecule has 0 radical (unpaired) electrons. The van der Waals surface area contributed by atoms with E-state index in [1.165, 1.54) is 11.4 Å². The summed E-state index contributed by atoms with van der Waals surface area (Å²) in [5.74, 6) is 0. The average Bonchev–Trinajstić information content (AvgIpc) is 3.18. The molecule has 0 aromatic heterocycles. The van der Waals surface area contributed by atoms with Crippen LogP contribution in [-0.2, 0) is 9.47 Å². The van der Waals surface area contributed by atoms with Gasteiger partial charge in [-0.2, -0.15) is 0 Å². The molecule has 1 aromatic carbocycles. The standard InChI is InChI=1S/C16H24N2O2/c1-17(15-9-5-11-19-15)13-7-3-4-8-14(13)18(2)16-10-6-12-20-16/h3-4,7-8,15-16H,5-6,9-12H2,1-2H3. The van der Waals surface area contributed by atoms with Gasteiger partial charge in [0.25, 0.3) is 0 Å². The van der Waals surface area contributed by atoms with Gasteiger partial charge in [0.05, 0.1) is 11.4 Å². The van der Waals surface area contributed by atoms with Crippen molar-refractivity contribution in [1.29, 1.82) is 0 Å². The number of hydrogen-bond donors (Lipinski definition) is 0. The van der Waals surface area contributed by atoms with Crippen molar-refractivity contribution in [2.75, 3.05) is 37.1 Å². The third kappa shape index (κ3) is 2.63. The number of rotatable bonds is 4. The fraction of sp³-hybridized carbons (Fsp3) is 0.625. The number of hydrogen-bond acceptors (Lipinski definition) is 4. The van der Waals surface area contributed by atoms with Crippen LogP contribution >= 0.6 is 0 Å². The van der Waals surface area contributed by atoms with Crippen molar-refractivity contribution in [3.63, 3.8) is 0 Å². The molecule has 4 heteroatoms. The lowest BCUT2D eigenvalue weighted by Gasteiger charge is -2.33. The maximum Gasteiger partial charge on any atom is 0.129 e. The summed E-state index contributed by atoms with van der Waals surface area (Å²) in [6, 6.07) is 8.52. The second kappa shape index (κ2) is 6.02. The van der Waals surface area contributed by atoms with Gasteiger partial charge < -0.3 is 19.3 Å². The Balaban J connectivity index is 1.83. The first-order valence-corrected chi connectivity index (χ1v) is 7.55. The smallest absolute Gasteiger partial charge is 0.129 e. The second-order valence-electron chi connectivity index (χ2n) is 5.65. The molecule has 0 amide bonds. The van der Waals surface area contributed by atoms with Crippen molar-refractivity contribution in [2.45, 2.75) is 38.1 Å². The van der Waals surface area contributed by atoms with E-state index in [1.54, 1.807) is 0 Å². The van der Waals surface area contributed by atoms with Gasteiger partial charge in [0.2, 0.25) is 0 Å². The maximum atomic E-state index is 5.81. The number of ether oxygens (including phenoxy) is 2. The molecular weight excluding hydrogens is 252 g/mol. The second-order valence-corrected chi connectivity index (χ2v) is 5.65. The van der Waals surface area contributed by atoms with Crippen LogP contribution in [0.3, 0.4) is 0 Å². The van der Waals surface area contributed by atoms with Gasteiger partial charge in [-0.15, -0.1) is 0 Å². The van der Waals surface area contributed by atoms with E-state index in [1.807, 2.05) is 0 Å². The van der Waals surface area contributed by atoms with E-state index in [0.29, 0.717) is 0 Å². The van der Waals surface area contributed by atoms with Crippen molar-refractivity contribution in [3.8, 4) is 0 Å². The van der Waals surface area contributed by atoms with Gasteiger partial charge in [-0.3, -0.25) is 0 Å². The van der Waals surface area contributed by atoms with Gasteiger partial charge in [0, 0.05) is 27.3 Å². The first kappa shape index (κ1) is 13.7. The first-order valence-electron chi connectivity index (χ1n) is 7.55. The normalized spacial score (nSPS) is 25.9. The van der Waals surface area contributed by atoms with Gasteiger partial charge in [-0.05, 0) is 37.8 Å². The van der Waals surface area contributed by atoms with Crippen LogP contribution in [0, 0.1) is 0 Å². The molecule has 2 aliphatic heterocycles. The highest BCUT2D eigenvalue weighted by Crippen LogP contribution is 2.33. The van der Waals surface area contributed by atoms with Crippen LogP contribution in [0.4, 0.5) is 11.4 Å². The lowest BCUT2D eigenvalue weighted by molar-refractivity contribution is 0.109. The molecule has 0 saturated carbocycles. The highest BCUT2D eigenvalue weighted by atomic mass is 16.5. The molecule has 0 spiro atoms. The molecule has 110 valence electrons. The lowest BCUT2D eigenvalue weighted by atomic mass is 10.2. The van der Waals surface area contributed by atoms with Crippen LogP contribution in [0.2, 0.25) is 0 Å². The van der Waals surface area contributed by atoms with Gasteiger partial charge in [0.15, 0.2) is 0 Å². The van der Waals surface area contributed by atoms with E-state index in [-0.39, 0.29) is 12.5 Å². The molecule has 0 bridgehead atoms. The Bertz CT molecular complexity index is 399. The quantitative estimate of drug-likeness (QED) is 0.844. The summed E-state index contributed by atoms with van der Waals surface area (Å²) >= 11 is 0. The van der Waals surface area contributed by atoms with E-state index < -0.39 is 0 Å². The van der Waals surface area contributed by atoms with E-state index in [2.05, 4.69) is 48.2 Å². The predicted octanol–water partition coefficient (Wildman–Crippen LogP) is 2.83. The Morgan fingerprint density at radius 3 is 1.65 bits per heavy atom. The molecular formula is C16H24N2O2. The zero-order valence-electron chi connectivity index (χ0n) is 12.4. The zero-order chi connectivity index (χ0) is 13.9. The first-order chi connectivity index (χ1) is 9.77. The van der Waals surface area contributed by atoms with E-state index in [9.17, 15) is 0 Å². The van der Waals surface area contributed by atoms with Gasteiger partial charge in [-0.25, -0.2) is 0 Å². The molecule has 2 atom stereocenters. The van der Waals surface area contributed by atoms with E-state index >= 15 is 0 Å². The Morgan fingerprint density at radius 1 is 0.850 bits per heavy atom. The fourth-order valence-corrected chi connectivity index (χ4v) is 3.10. The summed E-state index contributed by atoms with van der Waals surface area (Å²) in [7, 11) is 4.25. The highest BCUT2D eigenvalue weighted by Gasteiger charge is 2.26. The molecule has 2 aliphatic rings. The number of benzene rings is 1. The molecule has 2 unspecified atom stereocenters. The molecule has 2 fully saturated rings. The van der Waals surface area contributed by atoms with Crippen molar-refractivity contribution in [1.82, 2.24) is 0 Å². The average molecular weight is 276 g/mol.